The van der Waals surface area contributed by atoms with Crippen molar-refractivity contribution in [2.75, 3.05) is 11.9 Å². The number of amides is 1. The van der Waals surface area contributed by atoms with Gasteiger partial charge in [0.2, 0.25) is 0 Å². The third-order valence-electron chi connectivity index (χ3n) is 2.32. The maximum absolute atomic E-state index is 12.2. The van der Waals surface area contributed by atoms with E-state index in [0.717, 1.165) is 4.88 Å². The highest BCUT2D eigenvalue weighted by Crippen LogP contribution is 2.17. The molecule has 0 fully saturated rings. The Balaban J connectivity index is 2.19. The number of aromatic nitrogens is 2. The van der Waals surface area contributed by atoms with E-state index in [1.165, 1.54) is 11.3 Å². The normalized spacial score (nSPS) is 9.70. The molecule has 0 atom stereocenters. The molecule has 0 saturated carbocycles. The van der Waals surface area contributed by atoms with E-state index in [1.54, 1.807) is 24.5 Å². The number of aryl methyl sites for hydroxylation is 1. The van der Waals surface area contributed by atoms with Gasteiger partial charge in [-0.2, -0.15) is 0 Å². The molecular formula is C14H13N3O2S. The van der Waals surface area contributed by atoms with Crippen LogP contribution in [0.2, 0.25) is 0 Å². The van der Waals surface area contributed by atoms with Gasteiger partial charge >= 0.3 is 0 Å². The smallest absolute Gasteiger partial charge is 0.277 e. The van der Waals surface area contributed by atoms with Gasteiger partial charge in [0.25, 0.3) is 5.91 Å². The molecule has 2 aromatic rings. The van der Waals surface area contributed by atoms with Crippen molar-refractivity contribution in [2.24, 2.45) is 0 Å². The largest absolute Gasteiger partial charge is 0.395 e. The number of anilines is 1. The van der Waals surface area contributed by atoms with Gasteiger partial charge in [-0.1, -0.05) is 11.8 Å². The van der Waals surface area contributed by atoms with E-state index in [2.05, 4.69) is 27.1 Å². The number of carbonyl (C=O) groups is 1. The molecule has 0 aliphatic rings. The van der Waals surface area contributed by atoms with Crippen LogP contribution in [0.15, 0.2) is 24.5 Å². The molecule has 0 radical (unpaired) electrons. The zero-order valence-electron chi connectivity index (χ0n) is 10.9. The van der Waals surface area contributed by atoms with Crippen molar-refractivity contribution in [1.82, 2.24) is 9.97 Å². The zero-order valence-corrected chi connectivity index (χ0v) is 11.7. The van der Waals surface area contributed by atoms with Gasteiger partial charge in [0.15, 0.2) is 5.13 Å². The quantitative estimate of drug-likeness (QED) is 0.845. The molecule has 2 N–H and O–H groups in total. The van der Waals surface area contributed by atoms with Crippen LogP contribution in [-0.2, 0) is 0 Å². The van der Waals surface area contributed by atoms with Gasteiger partial charge < -0.3 is 5.11 Å². The number of carbonyl (C=O) groups excluding carboxylic acids is 1. The fraction of sp³-hybridized carbons (Fsp3) is 0.214. The third kappa shape index (κ3) is 3.63. The Morgan fingerprint density at radius 2 is 2.35 bits per heavy atom. The monoisotopic (exact) mass is 287 g/mol. The van der Waals surface area contributed by atoms with Crippen molar-refractivity contribution in [2.45, 2.75) is 13.3 Å². The molecule has 0 aliphatic heterocycles. The molecule has 1 amide bonds. The van der Waals surface area contributed by atoms with Gasteiger partial charge in [-0.15, -0.1) is 11.3 Å². The summed E-state index contributed by atoms with van der Waals surface area (Å²) in [5.41, 5.74) is 0.789. The van der Waals surface area contributed by atoms with Gasteiger partial charge in [0.1, 0.15) is 5.69 Å². The number of nitrogens with one attached hydrogen (secondary N) is 1. The Kier molecular flexibility index (Phi) is 4.82. The van der Waals surface area contributed by atoms with Crippen molar-refractivity contribution in [3.8, 4) is 11.8 Å². The van der Waals surface area contributed by atoms with Crippen LogP contribution in [-0.4, -0.2) is 27.6 Å². The second kappa shape index (κ2) is 6.80. The summed E-state index contributed by atoms with van der Waals surface area (Å²) in [6.07, 6.45) is 3.60. The molecule has 0 bridgehead atoms. The number of nitrogens with zero attached hydrogens (tertiary/aromatic N) is 2. The highest BCUT2D eigenvalue weighted by Gasteiger charge is 2.13. The lowest BCUT2D eigenvalue weighted by Crippen LogP contribution is -2.15. The van der Waals surface area contributed by atoms with Crippen molar-refractivity contribution in [3.63, 3.8) is 0 Å². The minimum absolute atomic E-state index is 0.00676. The number of aliphatic hydroxyl groups is 1. The number of thiazole rings is 1. The molecule has 0 spiro atoms. The summed E-state index contributed by atoms with van der Waals surface area (Å²) >= 11 is 1.40. The molecule has 2 rings (SSSR count). The SMILES string of the molecule is Cc1cnc(NC(=O)c2ncccc2C#CCCO)s1. The summed E-state index contributed by atoms with van der Waals surface area (Å²) in [4.78, 5) is 21.3. The highest BCUT2D eigenvalue weighted by molar-refractivity contribution is 7.15. The summed E-state index contributed by atoms with van der Waals surface area (Å²) in [6.45, 7) is 1.91. The Morgan fingerprint density at radius 1 is 1.50 bits per heavy atom. The van der Waals surface area contributed by atoms with E-state index >= 15 is 0 Å². The lowest BCUT2D eigenvalue weighted by atomic mass is 10.2. The molecule has 0 saturated heterocycles. The number of pyridine rings is 1. The molecule has 0 aromatic carbocycles. The molecule has 20 heavy (non-hydrogen) atoms. The van der Waals surface area contributed by atoms with Crippen LogP contribution in [0.4, 0.5) is 5.13 Å². The van der Waals surface area contributed by atoms with Crippen molar-refractivity contribution < 1.29 is 9.90 Å². The topological polar surface area (TPSA) is 75.1 Å². The lowest BCUT2D eigenvalue weighted by Gasteiger charge is -2.02. The van der Waals surface area contributed by atoms with E-state index in [9.17, 15) is 4.79 Å². The number of hydrogen-bond acceptors (Lipinski definition) is 5. The molecule has 2 heterocycles. The molecule has 0 unspecified atom stereocenters. The molecule has 2 aromatic heterocycles. The first-order valence-electron chi connectivity index (χ1n) is 5.99. The minimum atomic E-state index is -0.340. The van der Waals surface area contributed by atoms with E-state index in [1.807, 2.05) is 6.92 Å². The summed E-state index contributed by atoms with van der Waals surface area (Å²) < 4.78 is 0. The van der Waals surface area contributed by atoms with E-state index in [-0.39, 0.29) is 18.2 Å². The molecule has 0 aliphatic carbocycles. The number of aliphatic hydroxyl groups excluding tert-OH is 1. The third-order valence-corrected chi connectivity index (χ3v) is 3.15. The van der Waals surface area contributed by atoms with Crippen LogP contribution < -0.4 is 5.32 Å². The second-order valence-electron chi connectivity index (χ2n) is 3.91. The fourth-order valence-electron chi connectivity index (χ4n) is 1.47. The van der Waals surface area contributed by atoms with Crippen molar-refractivity contribution in [3.05, 3.63) is 40.7 Å². The molecule has 102 valence electrons. The number of hydrogen-bond donors (Lipinski definition) is 2. The van der Waals surface area contributed by atoms with Gasteiger partial charge in [0, 0.05) is 23.7 Å². The molecule has 5 nitrogen and oxygen atoms in total. The average molecular weight is 287 g/mol. The standard InChI is InChI=1S/C14H13N3O2S/c1-10-9-16-14(20-10)17-13(19)12-11(5-2-3-8-18)6-4-7-15-12/h4,6-7,9,18H,3,8H2,1H3,(H,16,17,19). The Morgan fingerprint density at radius 3 is 3.05 bits per heavy atom. The minimum Gasteiger partial charge on any atom is -0.395 e. The highest BCUT2D eigenvalue weighted by atomic mass is 32.1. The first-order chi connectivity index (χ1) is 9.70. The Hall–Kier alpha value is -2.23. The number of rotatable bonds is 3. The van der Waals surface area contributed by atoms with Crippen LogP contribution in [0.3, 0.4) is 0 Å². The van der Waals surface area contributed by atoms with Crippen LogP contribution in [0.1, 0.15) is 27.3 Å². The Labute approximate surface area is 120 Å². The Bertz CT molecular complexity index is 670. The maximum atomic E-state index is 12.2. The second-order valence-corrected chi connectivity index (χ2v) is 5.14. The summed E-state index contributed by atoms with van der Waals surface area (Å²) in [7, 11) is 0. The summed E-state index contributed by atoms with van der Waals surface area (Å²) in [6, 6.07) is 3.44. The maximum Gasteiger partial charge on any atom is 0.277 e. The van der Waals surface area contributed by atoms with Crippen LogP contribution in [0.25, 0.3) is 0 Å². The van der Waals surface area contributed by atoms with Gasteiger partial charge in [-0.05, 0) is 19.1 Å². The first kappa shape index (κ1) is 14.2. The summed E-state index contributed by atoms with van der Waals surface area (Å²) in [5, 5.41) is 11.9. The van der Waals surface area contributed by atoms with Gasteiger partial charge in [-0.25, -0.2) is 9.97 Å². The van der Waals surface area contributed by atoms with E-state index in [0.29, 0.717) is 17.1 Å². The van der Waals surface area contributed by atoms with E-state index in [4.69, 9.17) is 5.11 Å². The van der Waals surface area contributed by atoms with Gasteiger partial charge in [0.05, 0.1) is 12.2 Å². The fourth-order valence-corrected chi connectivity index (χ4v) is 2.13. The first-order valence-corrected chi connectivity index (χ1v) is 6.81. The van der Waals surface area contributed by atoms with E-state index < -0.39 is 0 Å². The van der Waals surface area contributed by atoms with Crippen LogP contribution in [0, 0.1) is 18.8 Å². The predicted molar refractivity (Wildman–Crippen MR) is 77.6 cm³/mol. The van der Waals surface area contributed by atoms with Gasteiger partial charge in [-0.3, -0.25) is 10.1 Å². The molecular weight excluding hydrogens is 274 g/mol. The van der Waals surface area contributed by atoms with Crippen molar-refractivity contribution in [1.29, 1.82) is 0 Å². The van der Waals surface area contributed by atoms with Crippen molar-refractivity contribution >= 4 is 22.4 Å². The van der Waals surface area contributed by atoms with Crippen LogP contribution >= 0.6 is 11.3 Å². The zero-order chi connectivity index (χ0) is 14.4. The molecule has 6 heteroatoms. The lowest BCUT2D eigenvalue weighted by molar-refractivity contribution is 0.102. The van der Waals surface area contributed by atoms with Crippen LogP contribution in [0.5, 0.6) is 0 Å². The predicted octanol–water partition coefficient (Wildman–Crippen LogP) is 1.83. The average Bonchev–Trinajstić information content (AvgIpc) is 2.85. The summed E-state index contributed by atoms with van der Waals surface area (Å²) in [5.74, 6) is 5.28.